The molecule has 2 aromatic rings. The summed E-state index contributed by atoms with van der Waals surface area (Å²) in [4.78, 5) is 0. The zero-order chi connectivity index (χ0) is 14.9. The number of aliphatic hydroxyl groups is 1. The Bertz CT molecular complexity index is 553. The molecule has 0 saturated heterocycles. The predicted molar refractivity (Wildman–Crippen MR) is 80.2 cm³/mol. The fourth-order valence-electron chi connectivity index (χ4n) is 1.60. The molecule has 1 unspecified atom stereocenters. The van der Waals surface area contributed by atoms with Crippen molar-refractivity contribution in [2.45, 2.75) is 13.2 Å². The van der Waals surface area contributed by atoms with Crippen molar-refractivity contribution in [2.75, 3.05) is 13.2 Å². The van der Waals surface area contributed by atoms with E-state index in [1.807, 2.05) is 54.6 Å². The lowest BCUT2D eigenvalue weighted by atomic mass is 10.3. The molecule has 0 spiro atoms. The maximum absolute atomic E-state index is 8.94. The van der Waals surface area contributed by atoms with Gasteiger partial charge in [-0.05, 0) is 43.3 Å². The molecule has 1 atom stereocenters. The van der Waals surface area contributed by atoms with Crippen molar-refractivity contribution in [3.63, 3.8) is 0 Å². The molecule has 110 valence electrons. The van der Waals surface area contributed by atoms with Crippen LogP contribution in [-0.4, -0.2) is 24.6 Å². The SMILES string of the molecule is CC(O)OCCOc1ccc(N=Nc2ccccc2)cc1. The van der Waals surface area contributed by atoms with Gasteiger partial charge in [0.25, 0.3) is 0 Å². The van der Waals surface area contributed by atoms with Gasteiger partial charge in [0, 0.05) is 0 Å². The molecule has 0 aliphatic rings. The molecule has 2 aromatic carbocycles. The Balaban J connectivity index is 1.83. The molecule has 0 heterocycles. The molecule has 5 nitrogen and oxygen atoms in total. The molecule has 0 saturated carbocycles. The first-order chi connectivity index (χ1) is 10.2. The lowest BCUT2D eigenvalue weighted by Crippen LogP contribution is -2.13. The Hall–Kier alpha value is -2.24. The molecule has 21 heavy (non-hydrogen) atoms. The monoisotopic (exact) mass is 286 g/mol. The minimum Gasteiger partial charge on any atom is -0.491 e. The van der Waals surface area contributed by atoms with Gasteiger partial charge < -0.3 is 14.6 Å². The first-order valence-electron chi connectivity index (χ1n) is 6.73. The zero-order valence-electron chi connectivity index (χ0n) is 11.8. The molecular formula is C16H18N2O3. The number of hydrogen-bond donors (Lipinski definition) is 1. The minimum absolute atomic E-state index is 0.340. The van der Waals surface area contributed by atoms with Gasteiger partial charge in [-0.1, -0.05) is 18.2 Å². The van der Waals surface area contributed by atoms with E-state index in [2.05, 4.69) is 10.2 Å². The van der Waals surface area contributed by atoms with Gasteiger partial charge in [-0.15, -0.1) is 0 Å². The summed E-state index contributed by atoms with van der Waals surface area (Å²) in [5.41, 5.74) is 1.57. The molecule has 0 aliphatic carbocycles. The summed E-state index contributed by atoms with van der Waals surface area (Å²) in [6.45, 7) is 2.29. The fraction of sp³-hybridized carbons (Fsp3) is 0.250. The second-order valence-corrected chi connectivity index (χ2v) is 4.35. The summed E-state index contributed by atoms with van der Waals surface area (Å²) < 4.78 is 10.4. The van der Waals surface area contributed by atoms with Crippen LogP contribution in [0.25, 0.3) is 0 Å². The molecule has 0 amide bonds. The summed E-state index contributed by atoms with van der Waals surface area (Å²) in [5, 5.41) is 17.2. The van der Waals surface area contributed by atoms with E-state index in [0.29, 0.717) is 13.2 Å². The van der Waals surface area contributed by atoms with Crippen LogP contribution in [0.4, 0.5) is 11.4 Å². The third kappa shape index (κ3) is 5.72. The number of aliphatic hydroxyl groups excluding tert-OH is 1. The molecule has 1 N–H and O–H groups in total. The third-order valence-corrected chi connectivity index (χ3v) is 2.58. The minimum atomic E-state index is -0.769. The van der Waals surface area contributed by atoms with Crippen molar-refractivity contribution in [3.05, 3.63) is 54.6 Å². The van der Waals surface area contributed by atoms with E-state index < -0.39 is 6.29 Å². The quantitative estimate of drug-likeness (QED) is 0.478. The van der Waals surface area contributed by atoms with E-state index in [0.717, 1.165) is 17.1 Å². The van der Waals surface area contributed by atoms with Crippen LogP contribution in [0.3, 0.4) is 0 Å². The first kappa shape index (κ1) is 15.2. The average Bonchev–Trinajstić information content (AvgIpc) is 2.51. The van der Waals surface area contributed by atoms with Gasteiger partial charge in [0.05, 0.1) is 18.0 Å². The van der Waals surface area contributed by atoms with Gasteiger partial charge in [-0.3, -0.25) is 0 Å². The van der Waals surface area contributed by atoms with Crippen molar-refractivity contribution in [3.8, 4) is 5.75 Å². The van der Waals surface area contributed by atoms with Crippen LogP contribution >= 0.6 is 0 Å². The van der Waals surface area contributed by atoms with E-state index >= 15 is 0 Å². The third-order valence-electron chi connectivity index (χ3n) is 2.58. The van der Waals surface area contributed by atoms with Crippen LogP contribution in [0, 0.1) is 0 Å². The van der Waals surface area contributed by atoms with Crippen LogP contribution in [-0.2, 0) is 4.74 Å². The van der Waals surface area contributed by atoms with Crippen molar-refractivity contribution in [2.24, 2.45) is 10.2 Å². The molecule has 0 fully saturated rings. The average molecular weight is 286 g/mol. The standard InChI is InChI=1S/C16H18N2O3/c1-13(19)20-11-12-21-16-9-7-15(8-10-16)18-17-14-5-3-2-4-6-14/h2-10,13,19H,11-12H2,1H3. The van der Waals surface area contributed by atoms with Crippen LogP contribution in [0.15, 0.2) is 64.8 Å². The summed E-state index contributed by atoms with van der Waals surface area (Å²) in [5.74, 6) is 0.725. The van der Waals surface area contributed by atoms with Crippen LogP contribution in [0.5, 0.6) is 5.75 Å². The highest BCUT2D eigenvalue weighted by atomic mass is 16.6. The lowest BCUT2D eigenvalue weighted by Gasteiger charge is -2.08. The van der Waals surface area contributed by atoms with Crippen LogP contribution < -0.4 is 4.74 Å². The molecular weight excluding hydrogens is 268 g/mol. The van der Waals surface area contributed by atoms with E-state index in [-0.39, 0.29) is 0 Å². The van der Waals surface area contributed by atoms with Crippen molar-refractivity contribution >= 4 is 11.4 Å². The van der Waals surface area contributed by atoms with Crippen molar-refractivity contribution in [1.29, 1.82) is 0 Å². The van der Waals surface area contributed by atoms with E-state index in [1.54, 1.807) is 6.92 Å². The van der Waals surface area contributed by atoms with Gasteiger partial charge in [-0.25, -0.2) is 0 Å². The topological polar surface area (TPSA) is 63.4 Å². The highest BCUT2D eigenvalue weighted by Crippen LogP contribution is 2.20. The Labute approximate surface area is 123 Å². The summed E-state index contributed by atoms with van der Waals surface area (Å²) in [7, 11) is 0. The maximum atomic E-state index is 8.94. The van der Waals surface area contributed by atoms with Gasteiger partial charge in [0.2, 0.25) is 0 Å². The summed E-state index contributed by atoms with van der Waals surface area (Å²) >= 11 is 0. The number of ether oxygens (including phenoxy) is 2. The van der Waals surface area contributed by atoms with E-state index in [1.165, 1.54) is 0 Å². The molecule has 0 aromatic heterocycles. The van der Waals surface area contributed by atoms with Gasteiger partial charge in [0.1, 0.15) is 12.4 Å². The van der Waals surface area contributed by atoms with Crippen LogP contribution in [0.2, 0.25) is 0 Å². The summed E-state index contributed by atoms with van der Waals surface area (Å²) in [6, 6.07) is 16.9. The van der Waals surface area contributed by atoms with E-state index in [9.17, 15) is 0 Å². The number of hydrogen-bond acceptors (Lipinski definition) is 5. The predicted octanol–water partition coefficient (Wildman–Crippen LogP) is 3.84. The number of nitrogens with zero attached hydrogens (tertiary/aromatic N) is 2. The highest BCUT2D eigenvalue weighted by molar-refractivity contribution is 5.42. The smallest absolute Gasteiger partial charge is 0.151 e. The summed E-state index contributed by atoms with van der Waals surface area (Å²) in [6.07, 6.45) is -0.769. The largest absolute Gasteiger partial charge is 0.491 e. The van der Waals surface area contributed by atoms with Gasteiger partial charge in [-0.2, -0.15) is 10.2 Å². The number of rotatable bonds is 7. The van der Waals surface area contributed by atoms with E-state index in [4.69, 9.17) is 14.6 Å². The normalized spacial score (nSPS) is 12.5. The molecule has 0 radical (unpaired) electrons. The van der Waals surface area contributed by atoms with Crippen molar-refractivity contribution < 1.29 is 14.6 Å². The Morgan fingerprint density at radius 2 is 1.52 bits per heavy atom. The van der Waals surface area contributed by atoms with Crippen LogP contribution in [0.1, 0.15) is 6.92 Å². The second-order valence-electron chi connectivity index (χ2n) is 4.35. The molecule has 2 rings (SSSR count). The highest BCUT2D eigenvalue weighted by Gasteiger charge is 1.97. The Kier molecular flexibility index (Phi) is 5.87. The molecule has 5 heteroatoms. The maximum Gasteiger partial charge on any atom is 0.151 e. The second kappa shape index (κ2) is 8.14. The number of benzene rings is 2. The number of azo groups is 1. The lowest BCUT2D eigenvalue weighted by molar-refractivity contribution is -0.0913. The van der Waals surface area contributed by atoms with Gasteiger partial charge >= 0.3 is 0 Å². The fourth-order valence-corrected chi connectivity index (χ4v) is 1.60. The molecule has 0 bridgehead atoms. The van der Waals surface area contributed by atoms with Gasteiger partial charge in [0.15, 0.2) is 6.29 Å². The Morgan fingerprint density at radius 3 is 2.14 bits per heavy atom. The van der Waals surface area contributed by atoms with Crippen molar-refractivity contribution in [1.82, 2.24) is 0 Å². The Morgan fingerprint density at radius 1 is 0.905 bits per heavy atom. The first-order valence-corrected chi connectivity index (χ1v) is 6.73. The molecule has 0 aliphatic heterocycles. The zero-order valence-corrected chi connectivity index (χ0v) is 11.8.